The molecule has 0 aromatic heterocycles. The Hall–Kier alpha value is -1.41. The largest absolute Gasteiger partial charge is 0.388 e. The number of allylic oxidation sites excluding steroid dienone is 1. The topological polar surface area (TPSA) is 37.3 Å². The van der Waals surface area contributed by atoms with Crippen LogP contribution < -0.4 is 0 Å². The number of aliphatic hydroxyl groups excluding tert-OH is 1. The maximum absolute atomic E-state index is 10.8. The molecular weight excluding hydrogens is 188 g/mol. The van der Waals surface area contributed by atoms with Crippen molar-refractivity contribution in [1.82, 2.24) is 0 Å². The standard InChI is InChI=1S/C13H16O2/c1-10(8-11(2)14)9-13(15)12-6-4-3-5-7-12/h3-8,13,15H,9H2,1-2H3/b10-8+. The van der Waals surface area contributed by atoms with Gasteiger partial charge >= 0.3 is 0 Å². The fraction of sp³-hybridized carbons (Fsp3) is 0.308. The summed E-state index contributed by atoms with van der Waals surface area (Å²) in [6.45, 7) is 3.37. The van der Waals surface area contributed by atoms with E-state index in [2.05, 4.69) is 0 Å². The Kier molecular flexibility index (Phi) is 4.25. The zero-order chi connectivity index (χ0) is 11.3. The van der Waals surface area contributed by atoms with Crippen LogP contribution in [0, 0.1) is 0 Å². The van der Waals surface area contributed by atoms with Crippen LogP contribution in [0.3, 0.4) is 0 Å². The molecular formula is C13H16O2. The molecule has 2 nitrogen and oxygen atoms in total. The third kappa shape index (κ3) is 4.09. The van der Waals surface area contributed by atoms with Gasteiger partial charge in [0.2, 0.25) is 0 Å². The van der Waals surface area contributed by atoms with Crippen LogP contribution in [0.25, 0.3) is 0 Å². The SMILES string of the molecule is CC(=O)/C=C(\C)CC(O)c1ccccc1. The monoisotopic (exact) mass is 204 g/mol. The van der Waals surface area contributed by atoms with Gasteiger partial charge in [-0.2, -0.15) is 0 Å². The number of benzene rings is 1. The number of hydrogen-bond acceptors (Lipinski definition) is 2. The number of hydrogen-bond donors (Lipinski definition) is 1. The van der Waals surface area contributed by atoms with Crippen LogP contribution >= 0.6 is 0 Å². The summed E-state index contributed by atoms with van der Waals surface area (Å²) < 4.78 is 0. The molecule has 0 fully saturated rings. The summed E-state index contributed by atoms with van der Waals surface area (Å²) in [6, 6.07) is 9.46. The average Bonchev–Trinajstić information content (AvgIpc) is 2.17. The number of ketones is 1. The summed E-state index contributed by atoms with van der Waals surface area (Å²) in [7, 11) is 0. The molecule has 0 radical (unpaired) electrons. The van der Waals surface area contributed by atoms with Gasteiger partial charge in [-0.1, -0.05) is 35.9 Å². The van der Waals surface area contributed by atoms with E-state index in [1.165, 1.54) is 6.92 Å². The van der Waals surface area contributed by atoms with Crippen LogP contribution in [0.1, 0.15) is 31.9 Å². The number of carbonyl (C=O) groups is 1. The lowest BCUT2D eigenvalue weighted by Crippen LogP contribution is -1.98. The zero-order valence-electron chi connectivity index (χ0n) is 9.10. The molecule has 1 atom stereocenters. The molecule has 1 aromatic rings. The van der Waals surface area contributed by atoms with Gasteiger partial charge in [-0.15, -0.1) is 0 Å². The van der Waals surface area contributed by atoms with E-state index in [-0.39, 0.29) is 5.78 Å². The van der Waals surface area contributed by atoms with Crippen molar-refractivity contribution in [2.24, 2.45) is 0 Å². The molecule has 0 saturated heterocycles. The second-order valence-corrected chi connectivity index (χ2v) is 3.73. The highest BCUT2D eigenvalue weighted by molar-refractivity contribution is 5.87. The zero-order valence-corrected chi connectivity index (χ0v) is 9.10. The van der Waals surface area contributed by atoms with Crippen molar-refractivity contribution in [2.45, 2.75) is 26.4 Å². The van der Waals surface area contributed by atoms with E-state index in [9.17, 15) is 9.90 Å². The molecule has 0 bridgehead atoms. The van der Waals surface area contributed by atoms with E-state index in [0.29, 0.717) is 6.42 Å². The van der Waals surface area contributed by atoms with E-state index >= 15 is 0 Å². The summed E-state index contributed by atoms with van der Waals surface area (Å²) in [4.78, 5) is 10.8. The van der Waals surface area contributed by atoms with Crippen LogP contribution in [-0.2, 0) is 4.79 Å². The summed E-state index contributed by atoms with van der Waals surface area (Å²) in [5.74, 6) is 0.0211. The van der Waals surface area contributed by atoms with E-state index in [1.54, 1.807) is 6.08 Å². The van der Waals surface area contributed by atoms with Crippen LogP contribution in [-0.4, -0.2) is 10.9 Å². The first-order valence-corrected chi connectivity index (χ1v) is 5.00. The Bertz CT molecular complexity index is 352. The summed E-state index contributed by atoms with van der Waals surface area (Å²) in [5.41, 5.74) is 1.78. The van der Waals surface area contributed by atoms with Crippen molar-refractivity contribution in [3.05, 3.63) is 47.5 Å². The van der Waals surface area contributed by atoms with E-state index in [4.69, 9.17) is 0 Å². The van der Waals surface area contributed by atoms with Crippen LogP contribution in [0.2, 0.25) is 0 Å². The van der Waals surface area contributed by atoms with Gasteiger partial charge in [-0.05, 0) is 31.9 Å². The molecule has 0 aliphatic rings. The molecule has 0 saturated carbocycles. The van der Waals surface area contributed by atoms with Gasteiger partial charge in [0.15, 0.2) is 5.78 Å². The second-order valence-electron chi connectivity index (χ2n) is 3.73. The van der Waals surface area contributed by atoms with Crippen LogP contribution in [0.4, 0.5) is 0 Å². The maximum Gasteiger partial charge on any atom is 0.152 e. The minimum atomic E-state index is -0.526. The molecule has 0 aliphatic heterocycles. The normalized spacial score (nSPS) is 13.7. The lowest BCUT2D eigenvalue weighted by atomic mass is 10.0. The quantitative estimate of drug-likeness (QED) is 0.765. The first-order chi connectivity index (χ1) is 7.09. The van der Waals surface area contributed by atoms with Crippen LogP contribution in [0.5, 0.6) is 0 Å². The van der Waals surface area contributed by atoms with Gasteiger partial charge in [0.05, 0.1) is 6.10 Å². The molecule has 1 aromatic carbocycles. The first-order valence-electron chi connectivity index (χ1n) is 5.00. The number of aliphatic hydroxyl groups is 1. The molecule has 0 spiro atoms. The van der Waals surface area contributed by atoms with E-state index in [0.717, 1.165) is 11.1 Å². The lowest BCUT2D eigenvalue weighted by molar-refractivity contribution is -0.112. The predicted molar refractivity (Wildman–Crippen MR) is 60.5 cm³/mol. The van der Waals surface area contributed by atoms with Gasteiger partial charge in [0.1, 0.15) is 0 Å². The number of rotatable bonds is 4. The fourth-order valence-electron chi connectivity index (χ4n) is 1.50. The summed E-state index contributed by atoms with van der Waals surface area (Å²) in [5, 5.41) is 9.85. The molecule has 2 heteroatoms. The average molecular weight is 204 g/mol. The van der Waals surface area contributed by atoms with Crippen molar-refractivity contribution in [1.29, 1.82) is 0 Å². The Morgan fingerprint density at radius 3 is 2.47 bits per heavy atom. The van der Waals surface area contributed by atoms with Gasteiger partial charge in [-0.3, -0.25) is 4.79 Å². The molecule has 1 rings (SSSR count). The maximum atomic E-state index is 10.8. The smallest absolute Gasteiger partial charge is 0.152 e. The highest BCUT2D eigenvalue weighted by Gasteiger charge is 2.07. The predicted octanol–water partition coefficient (Wildman–Crippen LogP) is 2.65. The van der Waals surface area contributed by atoms with Crippen molar-refractivity contribution in [3.63, 3.8) is 0 Å². The van der Waals surface area contributed by atoms with Crippen molar-refractivity contribution in [3.8, 4) is 0 Å². The molecule has 1 unspecified atom stereocenters. The molecule has 0 aliphatic carbocycles. The van der Waals surface area contributed by atoms with Gasteiger partial charge < -0.3 is 5.11 Å². The van der Waals surface area contributed by atoms with Gasteiger partial charge in [0, 0.05) is 0 Å². The Balaban J connectivity index is 2.64. The van der Waals surface area contributed by atoms with Crippen molar-refractivity contribution < 1.29 is 9.90 Å². The highest BCUT2D eigenvalue weighted by atomic mass is 16.3. The number of carbonyl (C=O) groups excluding carboxylic acids is 1. The van der Waals surface area contributed by atoms with Crippen molar-refractivity contribution >= 4 is 5.78 Å². The van der Waals surface area contributed by atoms with E-state index in [1.807, 2.05) is 37.3 Å². The van der Waals surface area contributed by atoms with Gasteiger partial charge in [0.25, 0.3) is 0 Å². The molecule has 0 amide bonds. The molecule has 15 heavy (non-hydrogen) atoms. The second kappa shape index (κ2) is 5.47. The van der Waals surface area contributed by atoms with E-state index < -0.39 is 6.10 Å². The summed E-state index contributed by atoms with van der Waals surface area (Å²) >= 11 is 0. The molecule has 0 heterocycles. The lowest BCUT2D eigenvalue weighted by Gasteiger charge is -2.10. The van der Waals surface area contributed by atoms with Gasteiger partial charge in [-0.25, -0.2) is 0 Å². The first kappa shape index (κ1) is 11.7. The third-order valence-electron chi connectivity index (χ3n) is 2.15. The Morgan fingerprint density at radius 1 is 1.33 bits per heavy atom. The summed E-state index contributed by atoms with van der Waals surface area (Å²) in [6.07, 6.45) is 1.54. The van der Waals surface area contributed by atoms with Crippen molar-refractivity contribution in [2.75, 3.05) is 0 Å². The third-order valence-corrected chi connectivity index (χ3v) is 2.15. The Labute approximate surface area is 90.3 Å². The molecule has 1 N–H and O–H groups in total. The minimum absolute atomic E-state index is 0.0211. The molecule has 80 valence electrons. The highest BCUT2D eigenvalue weighted by Crippen LogP contribution is 2.20. The van der Waals surface area contributed by atoms with Crippen LogP contribution in [0.15, 0.2) is 42.0 Å². The fourth-order valence-corrected chi connectivity index (χ4v) is 1.50. The Morgan fingerprint density at radius 2 is 1.93 bits per heavy atom. The minimum Gasteiger partial charge on any atom is -0.388 e.